The van der Waals surface area contributed by atoms with Crippen LogP contribution in [-0.2, 0) is 10.3 Å². The van der Waals surface area contributed by atoms with Crippen LogP contribution in [0.15, 0.2) is 24.3 Å². The Kier molecular flexibility index (Phi) is 3.04. The molecule has 0 saturated carbocycles. The fraction of sp³-hybridized carbons (Fsp3) is 0.300. The Morgan fingerprint density at radius 1 is 1.53 bits per heavy atom. The van der Waals surface area contributed by atoms with Crippen LogP contribution in [0.2, 0.25) is 0 Å². The second-order valence-electron chi connectivity index (χ2n) is 3.27. The lowest BCUT2D eigenvalue weighted by molar-refractivity contribution is -0.146. The van der Waals surface area contributed by atoms with Gasteiger partial charge in [-0.25, -0.2) is 13.6 Å². The van der Waals surface area contributed by atoms with E-state index in [1.807, 2.05) is 0 Å². The first-order chi connectivity index (χ1) is 6.90. The fourth-order valence-electron chi connectivity index (χ4n) is 1.30. The van der Waals surface area contributed by atoms with Crippen molar-refractivity contribution in [1.82, 2.24) is 0 Å². The third-order valence-electron chi connectivity index (χ3n) is 2.30. The van der Waals surface area contributed by atoms with Gasteiger partial charge in [-0.15, -0.1) is 0 Å². The van der Waals surface area contributed by atoms with Gasteiger partial charge in [0.05, 0.1) is 0 Å². The highest BCUT2D eigenvalue weighted by Gasteiger charge is 2.44. The van der Waals surface area contributed by atoms with E-state index >= 15 is 0 Å². The van der Waals surface area contributed by atoms with Crippen molar-refractivity contribution in [3.8, 4) is 0 Å². The normalized spacial score (nSPS) is 16.8. The molecule has 1 aromatic carbocycles. The molecular weight excluding hydrogens is 204 g/mol. The maximum absolute atomic E-state index is 13.3. The minimum Gasteiger partial charge on any atom is -0.480 e. The van der Waals surface area contributed by atoms with Gasteiger partial charge in [-0.3, -0.25) is 0 Å². The van der Waals surface area contributed by atoms with E-state index in [1.54, 1.807) is 0 Å². The Morgan fingerprint density at radius 3 is 2.47 bits per heavy atom. The summed E-state index contributed by atoms with van der Waals surface area (Å²) in [7, 11) is 0. The molecule has 0 fully saturated rings. The number of hydrogen-bond donors (Lipinski definition) is 2. The lowest BCUT2D eigenvalue weighted by Crippen LogP contribution is -2.52. The molecule has 0 spiro atoms. The van der Waals surface area contributed by atoms with Crippen molar-refractivity contribution in [2.45, 2.75) is 18.6 Å². The van der Waals surface area contributed by atoms with Crippen LogP contribution in [0.25, 0.3) is 0 Å². The van der Waals surface area contributed by atoms with Gasteiger partial charge in [0.1, 0.15) is 12.0 Å². The van der Waals surface area contributed by atoms with Gasteiger partial charge < -0.3 is 10.8 Å². The number of hydrogen-bond acceptors (Lipinski definition) is 2. The highest BCUT2D eigenvalue weighted by atomic mass is 19.1. The maximum Gasteiger partial charge on any atom is 0.331 e. The van der Waals surface area contributed by atoms with Crippen LogP contribution >= 0.6 is 0 Å². The molecule has 0 saturated heterocycles. The van der Waals surface area contributed by atoms with Crippen molar-refractivity contribution in [2.24, 2.45) is 5.73 Å². The van der Waals surface area contributed by atoms with Crippen molar-refractivity contribution in [3.63, 3.8) is 0 Å². The van der Waals surface area contributed by atoms with E-state index in [4.69, 9.17) is 10.8 Å². The van der Waals surface area contributed by atoms with Gasteiger partial charge in [0.15, 0.2) is 5.54 Å². The number of halogens is 2. The Labute approximate surface area is 85.5 Å². The zero-order valence-electron chi connectivity index (χ0n) is 8.08. The van der Waals surface area contributed by atoms with Crippen LogP contribution in [-0.4, -0.2) is 17.2 Å². The van der Waals surface area contributed by atoms with Crippen molar-refractivity contribution in [3.05, 3.63) is 35.6 Å². The lowest BCUT2D eigenvalue weighted by Gasteiger charge is -2.26. The molecule has 82 valence electrons. The van der Waals surface area contributed by atoms with Gasteiger partial charge in [0.25, 0.3) is 0 Å². The van der Waals surface area contributed by atoms with Gasteiger partial charge in [0.2, 0.25) is 0 Å². The van der Waals surface area contributed by atoms with Crippen molar-refractivity contribution >= 4 is 5.97 Å². The molecule has 0 aromatic heterocycles. The van der Waals surface area contributed by atoms with Crippen LogP contribution in [0.4, 0.5) is 8.78 Å². The molecule has 2 unspecified atom stereocenters. The highest BCUT2D eigenvalue weighted by Crippen LogP contribution is 2.27. The Morgan fingerprint density at radius 2 is 2.07 bits per heavy atom. The quantitative estimate of drug-likeness (QED) is 0.801. The minimum atomic E-state index is -2.34. The van der Waals surface area contributed by atoms with Crippen LogP contribution < -0.4 is 5.73 Å². The highest BCUT2D eigenvalue weighted by molar-refractivity contribution is 5.81. The monoisotopic (exact) mass is 215 g/mol. The van der Waals surface area contributed by atoms with E-state index in [1.165, 1.54) is 18.2 Å². The number of nitrogens with two attached hydrogens (primary N) is 1. The van der Waals surface area contributed by atoms with Gasteiger partial charge in [0, 0.05) is 5.56 Å². The predicted octanol–water partition coefficient (Wildman–Crippen LogP) is 1.42. The number of carboxylic acid groups (broad SMARTS) is 1. The molecule has 0 bridgehead atoms. The van der Waals surface area contributed by atoms with E-state index in [0.717, 1.165) is 13.0 Å². The first-order valence-corrected chi connectivity index (χ1v) is 4.32. The molecule has 0 radical (unpaired) electrons. The smallest absolute Gasteiger partial charge is 0.331 e. The summed E-state index contributed by atoms with van der Waals surface area (Å²) in [6.45, 7) is 0.987. The second kappa shape index (κ2) is 3.94. The number of alkyl halides is 1. The zero-order chi connectivity index (χ0) is 11.6. The number of carboxylic acids is 1. The van der Waals surface area contributed by atoms with Crippen LogP contribution in [0, 0.1) is 5.82 Å². The summed E-state index contributed by atoms with van der Waals surface area (Å²) in [5.41, 5.74) is 2.70. The molecule has 15 heavy (non-hydrogen) atoms. The third-order valence-corrected chi connectivity index (χ3v) is 2.30. The Bertz CT molecular complexity index is 381. The first kappa shape index (κ1) is 11.6. The largest absolute Gasteiger partial charge is 0.480 e. The molecule has 2 atom stereocenters. The molecule has 0 aliphatic rings. The average Bonchev–Trinajstić information content (AvgIpc) is 2.16. The van der Waals surface area contributed by atoms with E-state index < -0.39 is 23.5 Å². The number of carbonyl (C=O) groups is 1. The Hall–Kier alpha value is -1.49. The predicted molar refractivity (Wildman–Crippen MR) is 50.5 cm³/mol. The summed E-state index contributed by atoms with van der Waals surface area (Å²) < 4.78 is 26.5. The average molecular weight is 215 g/mol. The first-order valence-electron chi connectivity index (χ1n) is 4.32. The molecule has 3 nitrogen and oxygen atoms in total. The summed E-state index contributed by atoms with van der Waals surface area (Å²) in [5.74, 6) is -2.42. The van der Waals surface area contributed by atoms with E-state index in [-0.39, 0.29) is 5.56 Å². The summed E-state index contributed by atoms with van der Waals surface area (Å²) >= 11 is 0. The van der Waals surface area contributed by atoms with Gasteiger partial charge in [-0.2, -0.15) is 0 Å². The third kappa shape index (κ3) is 1.83. The maximum atomic E-state index is 13.3. The number of aliphatic carboxylic acids is 1. The second-order valence-corrected chi connectivity index (χ2v) is 3.27. The topological polar surface area (TPSA) is 63.3 Å². The molecule has 5 heteroatoms. The molecule has 0 heterocycles. The molecule has 0 amide bonds. The zero-order valence-corrected chi connectivity index (χ0v) is 8.08. The van der Waals surface area contributed by atoms with E-state index in [0.29, 0.717) is 0 Å². The SMILES string of the molecule is CC(F)C(N)(C(=O)O)c1ccccc1F. The molecule has 1 aromatic rings. The summed E-state index contributed by atoms with van der Waals surface area (Å²) in [4.78, 5) is 10.9. The van der Waals surface area contributed by atoms with Crippen LogP contribution in [0.5, 0.6) is 0 Å². The molecule has 3 N–H and O–H groups in total. The lowest BCUT2D eigenvalue weighted by atomic mass is 9.86. The van der Waals surface area contributed by atoms with E-state index in [2.05, 4.69) is 0 Å². The standard InChI is InChI=1S/C10H11F2NO2/c1-6(11)10(13,9(14)15)7-4-2-3-5-8(7)12/h2-6H,13H2,1H3,(H,14,15). The molecule has 0 aliphatic heterocycles. The summed E-state index contributed by atoms with van der Waals surface area (Å²) in [6.07, 6.45) is -1.90. The van der Waals surface area contributed by atoms with Crippen molar-refractivity contribution in [2.75, 3.05) is 0 Å². The van der Waals surface area contributed by atoms with Gasteiger partial charge >= 0.3 is 5.97 Å². The molecule has 0 aliphatic carbocycles. The summed E-state index contributed by atoms with van der Waals surface area (Å²) in [5, 5.41) is 8.85. The molecule has 1 rings (SSSR count). The summed E-state index contributed by atoms with van der Waals surface area (Å²) in [6, 6.07) is 5.00. The van der Waals surface area contributed by atoms with Gasteiger partial charge in [-0.1, -0.05) is 18.2 Å². The van der Waals surface area contributed by atoms with Crippen molar-refractivity contribution < 1.29 is 18.7 Å². The van der Waals surface area contributed by atoms with Gasteiger partial charge in [-0.05, 0) is 13.0 Å². The molecular formula is C10H11F2NO2. The Balaban J connectivity index is 3.34. The fourth-order valence-corrected chi connectivity index (χ4v) is 1.30. The number of benzene rings is 1. The van der Waals surface area contributed by atoms with Crippen LogP contribution in [0.1, 0.15) is 12.5 Å². The van der Waals surface area contributed by atoms with Crippen molar-refractivity contribution in [1.29, 1.82) is 0 Å². The van der Waals surface area contributed by atoms with E-state index in [9.17, 15) is 13.6 Å². The number of rotatable bonds is 3. The minimum absolute atomic E-state index is 0.354. The van der Waals surface area contributed by atoms with Crippen LogP contribution in [0.3, 0.4) is 0 Å².